The summed E-state index contributed by atoms with van der Waals surface area (Å²) in [5, 5.41) is 2.84. The third-order valence-electron chi connectivity index (χ3n) is 6.35. The number of ether oxygens (including phenoxy) is 3. The third kappa shape index (κ3) is 7.69. The second-order valence-electron chi connectivity index (χ2n) is 9.58. The summed E-state index contributed by atoms with van der Waals surface area (Å²) in [6.45, 7) is 4.74. The molecule has 0 heterocycles. The van der Waals surface area contributed by atoms with Gasteiger partial charge in [0.1, 0.15) is 18.3 Å². The average Bonchev–Trinajstić information content (AvgIpc) is 2.97. The Balaban J connectivity index is 2.08. The summed E-state index contributed by atoms with van der Waals surface area (Å²) in [5.74, 6) is 0.350. The lowest BCUT2D eigenvalue weighted by molar-refractivity contribution is -0.139. The van der Waals surface area contributed by atoms with E-state index >= 15 is 0 Å². The van der Waals surface area contributed by atoms with Crippen LogP contribution in [0.3, 0.4) is 0 Å². The maximum Gasteiger partial charge on any atom is 0.264 e. The fraction of sp³-hybridized carbons (Fsp3) is 0.333. The predicted molar refractivity (Wildman–Crippen MR) is 157 cm³/mol. The minimum atomic E-state index is -4.21. The third-order valence-corrected chi connectivity index (χ3v) is 8.14. The Hall–Kier alpha value is -4.25. The quantitative estimate of drug-likeness (QED) is 0.325. The van der Waals surface area contributed by atoms with Crippen LogP contribution in [-0.4, -0.2) is 65.1 Å². The molecule has 3 aromatic rings. The SMILES string of the molecule is COc1cccc(CN(C(=O)CN(c2ccc(OC)c(OC)c2)S(=O)(=O)c2ccccc2)[C@H](C)C(=O)NC(C)C)c1. The highest BCUT2D eigenvalue weighted by atomic mass is 32.2. The first-order valence-corrected chi connectivity index (χ1v) is 14.5. The maximum atomic E-state index is 14.0. The molecule has 0 aliphatic carbocycles. The number of anilines is 1. The summed E-state index contributed by atoms with van der Waals surface area (Å²) in [7, 11) is 0.241. The summed E-state index contributed by atoms with van der Waals surface area (Å²) < 4.78 is 44.9. The van der Waals surface area contributed by atoms with E-state index in [0.717, 1.165) is 4.31 Å². The van der Waals surface area contributed by atoms with Crippen molar-refractivity contribution in [1.29, 1.82) is 0 Å². The maximum absolute atomic E-state index is 14.0. The van der Waals surface area contributed by atoms with Gasteiger partial charge in [-0.3, -0.25) is 13.9 Å². The molecule has 0 radical (unpaired) electrons. The first-order valence-electron chi connectivity index (χ1n) is 13.0. The van der Waals surface area contributed by atoms with E-state index in [1.807, 2.05) is 19.9 Å². The number of methoxy groups -OCH3 is 3. The predicted octanol–water partition coefficient (Wildman–Crippen LogP) is 3.85. The van der Waals surface area contributed by atoms with Crippen LogP contribution in [0.2, 0.25) is 0 Å². The number of carbonyl (C=O) groups is 2. The normalized spacial score (nSPS) is 11.9. The number of nitrogens with one attached hydrogen (secondary N) is 1. The number of amides is 2. The largest absolute Gasteiger partial charge is 0.497 e. The van der Waals surface area contributed by atoms with Crippen molar-refractivity contribution in [1.82, 2.24) is 10.2 Å². The zero-order chi connectivity index (χ0) is 30.2. The zero-order valence-electron chi connectivity index (χ0n) is 24.2. The fourth-order valence-corrected chi connectivity index (χ4v) is 5.61. The van der Waals surface area contributed by atoms with Gasteiger partial charge in [-0.05, 0) is 62.7 Å². The summed E-state index contributed by atoms with van der Waals surface area (Å²) >= 11 is 0. The lowest BCUT2D eigenvalue weighted by atomic mass is 10.1. The molecule has 2 amide bonds. The van der Waals surface area contributed by atoms with E-state index in [4.69, 9.17) is 14.2 Å². The molecule has 1 N–H and O–H groups in total. The standard InChI is InChI=1S/C30H37N3O7S/c1-21(2)31-30(35)22(3)32(19-23-11-10-12-25(17-23)38-4)29(34)20-33(41(36,37)26-13-8-7-9-14-26)24-15-16-27(39-5)28(18-24)40-6/h7-18,21-22H,19-20H2,1-6H3,(H,31,35)/t22-/m1/s1. The highest BCUT2D eigenvalue weighted by Crippen LogP contribution is 2.34. The van der Waals surface area contributed by atoms with Crippen LogP contribution in [-0.2, 0) is 26.2 Å². The molecule has 0 unspecified atom stereocenters. The average molecular weight is 584 g/mol. The van der Waals surface area contributed by atoms with Crippen molar-refractivity contribution in [2.75, 3.05) is 32.2 Å². The summed E-state index contributed by atoms with van der Waals surface area (Å²) in [6, 6.07) is 18.5. The van der Waals surface area contributed by atoms with Crippen LogP contribution in [0.25, 0.3) is 0 Å². The molecule has 220 valence electrons. The molecule has 11 heteroatoms. The van der Waals surface area contributed by atoms with Gasteiger partial charge in [-0.15, -0.1) is 0 Å². The highest BCUT2D eigenvalue weighted by molar-refractivity contribution is 7.92. The van der Waals surface area contributed by atoms with Crippen molar-refractivity contribution >= 4 is 27.5 Å². The van der Waals surface area contributed by atoms with Crippen LogP contribution in [0.1, 0.15) is 26.3 Å². The summed E-state index contributed by atoms with van der Waals surface area (Å²) in [4.78, 5) is 28.4. The van der Waals surface area contributed by atoms with Crippen molar-refractivity contribution in [3.63, 3.8) is 0 Å². The fourth-order valence-electron chi connectivity index (χ4n) is 4.18. The smallest absolute Gasteiger partial charge is 0.264 e. The van der Waals surface area contributed by atoms with Crippen LogP contribution >= 0.6 is 0 Å². The Labute approximate surface area is 241 Å². The number of hydrogen-bond donors (Lipinski definition) is 1. The van der Waals surface area contributed by atoms with Gasteiger partial charge in [0.05, 0.1) is 31.9 Å². The van der Waals surface area contributed by atoms with E-state index in [-0.39, 0.29) is 29.1 Å². The topological polar surface area (TPSA) is 114 Å². The molecule has 0 spiro atoms. The van der Waals surface area contributed by atoms with Crippen LogP contribution in [0, 0.1) is 0 Å². The molecule has 0 aliphatic heterocycles. The van der Waals surface area contributed by atoms with E-state index in [0.29, 0.717) is 22.8 Å². The molecule has 1 atom stereocenters. The molecule has 3 rings (SSSR count). The van der Waals surface area contributed by atoms with Gasteiger partial charge >= 0.3 is 0 Å². The Morgan fingerprint density at radius 1 is 0.829 bits per heavy atom. The molecule has 0 saturated heterocycles. The zero-order valence-corrected chi connectivity index (χ0v) is 25.0. The van der Waals surface area contributed by atoms with Gasteiger partial charge in [0.2, 0.25) is 11.8 Å². The van der Waals surface area contributed by atoms with E-state index in [1.54, 1.807) is 49.4 Å². The number of benzene rings is 3. The number of sulfonamides is 1. The Bertz CT molecular complexity index is 1450. The molecular formula is C30H37N3O7S. The van der Waals surface area contributed by atoms with Gasteiger partial charge in [-0.1, -0.05) is 30.3 Å². The Morgan fingerprint density at radius 3 is 2.12 bits per heavy atom. The van der Waals surface area contributed by atoms with Gasteiger partial charge < -0.3 is 24.4 Å². The van der Waals surface area contributed by atoms with Gasteiger partial charge in [-0.2, -0.15) is 0 Å². The van der Waals surface area contributed by atoms with Gasteiger partial charge in [-0.25, -0.2) is 8.42 Å². The summed E-state index contributed by atoms with van der Waals surface area (Å²) in [5.41, 5.74) is 0.908. The lowest BCUT2D eigenvalue weighted by Gasteiger charge is -2.32. The molecule has 0 bridgehead atoms. The lowest BCUT2D eigenvalue weighted by Crippen LogP contribution is -2.52. The molecular weight excluding hydrogens is 546 g/mol. The van der Waals surface area contributed by atoms with E-state index < -0.39 is 28.5 Å². The molecule has 0 saturated carbocycles. The van der Waals surface area contributed by atoms with Gasteiger partial charge in [0.25, 0.3) is 10.0 Å². The second kappa shape index (κ2) is 13.9. The second-order valence-corrected chi connectivity index (χ2v) is 11.4. The molecule has 0 aromatic heterocycles. The van der Waals surface area contributed by atoms with Crippen LogP contribution < -0.4 is 23.8 Å². The van der Waals surface area contributed by atoms with E-state index in [9.17, 15) is 18.0 Å². The molecule has 0 aliphatic rings. The molecule has 0 fully saturated rings. The first-order chi connectivity index (χ1) is 19.5. The van der Waals surface area contributed by atoms with Crippen molar-refractivity contribution < 1.29 is 32.2 Å². The minimum Gasteiger partial charge on any atom is -0.497 e. The number of rotatable bonds is 13. The van der Waals surface area contributed by atoms with Crippen molar-refractivity contribution in [2.45, 2.75) is 44.3 Å². The first kappa shape index (κ1) is 31.3. The molecule has 10 nitrogen and oxygen atoms in total. The van der Waals surface area contributed by atoms with Crippen LogP contribution in [0.15, 0.2) is 77.7 Å². The van der Waals surface area contributed by atoms with Gasteiger partial charge in [0, 0.05) is 18.7 Å². The number of carbonyl (C=O) groups excluding carboxylic acids is 2. The highest BCUT2D eigenvalue weighted by Gasteiger charge is 2.33. The summed E-state index contributed by atoms with van der Waals surface area (Å²) in [6.07, 6.45) is 0. The van der Waals surface area contributed by atoms with Crippen molar-refractivity contribution in [3.05, 3.63) is 78.4 Å². The monoisotopic (exact) mass is 583 g/mol. The van der Waals surface area contributed by atoms with Crippen LogP contribution in [0.5, 0.6) is 17.2 Å². The Morgan fingerprint density at radius 2 is 1.51 bits per heavy atom. The van der Waals surface area contributed by atoms with Crippen molar-refractivity contribution in [3.8, 4) is 17.2 Å². The Kier molecular flexibility index (Phi) is 10.6. The van der Waals surface area contributed by atoms with E-state index in [1.165, 1.54) is 50.5 Å². The minimum absolute atomic E-state index is 0.00697. The number of hydrogen-bond acceptors (Lipinski definition) is 7. The van der Waals surface area contributed by atoms with Crippen LogP contribution in [0.4, 0.5) is 5.69 Å². The van der Waals surface area contributed by atoms with E-state index in [2.05, 4.69) is 5.32 Å². The molecule has 41 heavy (non-hydrogen) atoms. The van der Waals surface area contributed by atoms with Crippen molar-refractivity contribution in [2.24, 2.45) is 0 Å². The van der Waals surface area contributed by atoms with Gasteiger partial charge in [0.15, 0.2) is 11.5 Å². The molecule has 3 aromatic carbocycles. The number of nitrogens with zero attached hydrogens (tertiary/aromatic N) is 2.